The van der Waals surface area contributed by atoms with Crippen molar-refractivity contribution in [3.05, 3.63) is 47.7 Å². The zero-order valence-corrected chi connectivity index (χ0v) is 9.03. The molecule has 1 aromatic carbocycles. The number of benzene rings is 1. The van der Waals surface area contributed by atoms with Crippen LogP contribution in [-0.2, 0) is 0 Å². The van der Waals surface area contributed by atoms with Crippen molar-refractivity contribution in [3.8, 4) is 0 Å². The van der Waals surface area contributed by atoms with Crippen LogP contribution < -0.4 is 5.73 Å². The van der Waals surface area contributed by atoms with Crippen molar-refractivity contribution in [2.75, 3.05) is 0 Å². The van der Waals surface area contributed by atoms with Gasteiger partial charge in [0.2, 0.25) is 0 Å². The summed E-state index contributed by atoms with van der Waals surface area (Å²) in [5.74, 6) is 0.336. The summed E-state index contributed by atoms with van der Waals surface area (Å²) < 4.78 is 0. The fraction of sp³-hybridized carbons (Fsp3) is 0.385. The maximum absolute atomic E-state index is 6.00. The van der Waals surface area contributed by atoms with Crippen LogP contribution in [0.2, 0.25) is 0 Å². The maximum Gasteiger partial charge on any atom is 0.0204 e. The lowest BCUT2D eigenvalue weighted by atomic mass is 9.97. The molecular weight excluding hydrogens is 170 g/mol. The Labute approximate surface area is 86.6 Å². The van der Waals surface area contributed by atoms with E-state index in [1.165, 1.54) is 5.56 Å². The summed E-state index contributed by atoms with van der Waals surface area (Å²) in [7, 11) is 0. The van der Waals surface area contributed by atoms with Crippen LogP contribution in [0.4, 0.5) is 0 Å². The molecule has 0 fully saturated rings. The molecule has 1 heteroatoms. The molecule has 0 aliphatic rings. The van der Waals surface area contributed by atoms with Crippen molar-refractivity contribution in [2.45, 2.75) is 32.6 Å². The fourth-order valence-electron chi connectivity index (χ4n) is 1.42. The smallest absolute Gasteiger partial charge is 0.0204 e. The largest absolute Gasteiger partial charge is 0.402 e. The van der Waals surface area contributed by atoms with Crippen molar-refractivity contribution in [2.24, 2.45) is 5.73 Å². The average Bonchev–Trinajstić information content (AvgIpc) is 2.26. The Kier molecular flexibility index (Phi) is 4.24. The third-order valence-corrected chi connectivity index (χ3v) is 2.47. The molecule has 1 nitrogen and oxygen atoms in total. The summed E-state index contributed by atoms with van der Waals surface area (Å²) in [6.45, 7) is 4.31. The second-order valence-corrected chi connectivity index (χ2v) is 3.63. The first-order valence-electron chi connectivity index (χ1n) is 5.26. The topological polar surface area (TPSA) is 26.0 Å². The van der Waals surface area contributed by atoms with Crippen LogP contribution in [0.5, 0.6) is 0 Å². The minimum Gasteiger partial charge on any atom is -0.402 e. The molecule has 1 atom stereocenters. The Morgan fingerprint density at radius 3 is 2.57 bits per heavy atom. The summed E-state index contributed by atoms with van der Waals surface area (Å²) in [6, 6.07) is 10.4. The van der Waals surface area contributed by atoms with Gasteiger partial charge in [-0.15, -0.1) is 0 Å². The lowest BCUT2D eigenvalue weighted by molar-refractivity contribution is 0.848. The van der Waals surface area contributed by atoms with Gasteiger partial charge < -0.3 is 5.73 Å². The number of hydrogen-bond acceptors (Lipinski definition) is 1. The highest BCUT2D eigenvalue weighted by Crippen LogP contribution is 2.20. The van der Waals surface area contributed by atoms with Gasteiger partial charge in [-0.1, -0.05) is 56.7 Å². The van der Waals surface area contributed by atoms with Crippen molar-refractivity contribution >= 4 is 0 Å². The van der Waals surface area contributed by atoms with Crippen molar-refractivity contribution < 1.29 is 0 Å². The molecule has 1 rings (SSSR count). The molecule has 0 aliphatic heterocycles. The highest BCUT2D eigenvalue weighted by molar-refractivity contribution is 5.26. The lowest BCUT2D eigenvalue weighted by Crippen LogP contribution is -2.06. The fourth-order valence-corrected chi connectivity index (χ4v) is 1.42. The highest BCUT2D eigenvalue weighted by Gasteiger charge is 2.06. The minimum atomic E-state index is 0.336. The van der Waals surface area contributed by atoms with E-state index in [9.17, 15) is 0 Å². The second-order valence-electron chi connectivity index (χ2n) is 3.63. The van der Waals surface area contributed by atoms with Gasteiger partial charge in [0.15, 0.2) is 0 Å². The summed E-state index contributed by atoms with van der Waals surface area (Å²) in [6.07, 6.45) is 4.36. The Bertz CT molecular complexity index is 287. The molecule has 0 saturated carbocycles. The van der Waals surface area contributed by atoms with Crippen LogP contribution in [-0.4, -0.2) is 0 Å². The van der Waals surface area contributed by atoms with E-state index in [0.717, 1.165) is 18.5 Å². The van der Waals surface area contributed by atoms with Gasteiger partial charge >= 0.3 is 0 Å². The normalized spacial score (nSPS) is 14.0. The first-order chi connectivity index (χ1) is 6.75. The molecule has 0 aliphatic carbocycles. The monoisotopic (exact) mass is 189 g/mol. The van der Waals surface area contributed by atoms with Gasteiger partial charge in [0.25, 0.3) is 0 Å². The SMILES string of the molecule is CCC/C=C(/N)C(C)c1ccccc1. The first kappa shape index (κ1) is 10.8. The van der Waals surface area contributed by atoms with Crippen molar-refractivity contribution in [1.82, 2.24) is 0 Å². The number of allylic oxidation sites excluding steroid dienone is 2. The third kappa shape index (κ3) is 2.91. The molecule has 0 amide bonds. The van der Waals surface area contributed by atoms with E-state index in [0.29, 0.717) is 5.92 Å². The van der Waals surface area contributed by atoms with Crippen LogP contribution in [0.25, 0.3) is 0 Å². The zero-order valence-electron chi connectivity index (χ0n) is 9.03. The predicted molar refractivity (Wildman–Crippen MR) is 62.0 cm³/mol. The molecule has 0 saturated heterocycles. The van der Waals surface area contributed by atoms with Gasteiger partial charge in [-0.3, -0.25) is 0 Å². The van der Waals surface area contributed by atoms with Gasteiger partial charge in [0, 0.05) is 11.6 Å². The Morgan fingerprint density at radius 2 is 2.00 bits per heavy atom. The molecule has 2 N–H and O–H groups in total. The van der Waals surface area contributed by atoms with Crippen LogP contribution in [0.3, 0.4) is 0 Å². The summed E-state index contributed by atoms with van der Waals surface area (Å²) in [5, 5.41) is 0. The van der Waals surface area contributed by atoms with Gasteiger partial charge in [-0.25, -0.2) is 0 Å². The van der Waals surface area contributed by atoms with E-state index < -0.39 is 0 Å². The Hall–Kier alpha value is -1.24. The van der Waals surface area contributed by atoms with E-state index in [-0.39, 0.29) is 0 Å². The molecule has 1 unspecified atom stereocenters. The third-order valence-electron chi connectivity index (χ3n) is 2.47. The molecule has 0 bridgehead atoms. The van der Waals surface area contributed by atoms with E-state index in [4.69, 9.17) is 5.73 Å². The zero-order chi connectivity index (χ0) is 10.4. The average molecular weight is 189 g/mol. The summed E-state index contributed by atoms with van der Waals surface area (Å²) in [4.78, 5) is 0. The lowest BCUT2D eigenvalue weighted by Gasteiger charge is -2.12. The molecule has 0 aromatic heterocycles. The number of rotatable bonds is 4. The van der Waals surface area contributed by atoms with E-state index in [2.05, 4.69) is 44.2 Å². The quantitative estimate of drug-likeness (QED) is 0.771. The van der Waals surface area contributed by atoms with E-state index in [1.807, 2.05) is 6.07 Å². The summed E-state index contributed by atoms with van der Waals surface area (Å²) in [5.41, 5.74) is 8.27. The van der Waals surface area contributed by atoms with Crippen LogP contribution >= 0.6 is 0 Å². The van der Waals surface area contributed by atoms with Gasteiger partial charge in [-0.2, -0.15) is 0 Å². The predicted octanol–water partition coefficient (Wildman–Crippen LogP) is 3.43. The Morgan fingerprint density at radius 1 is 1.36 bits per heavy atom. The van der Waals surface area contributed by atoms with Gasteiger partial charge in [0.1, 0.15) is 0 Å². The minimum absolute atomic E-state index is 0.336. The van der Waals surface area contributed by atoms with Gasteiger partial charge in [-0.05, 0) is 12.0 Å². The van der Waals surface area contributed by atoms with Crippen LogP contribution in [0.1, 0.15) is 38.2 Å². The molecule has 1 aromatic rings. The molecule has 14 heavy (non-hydrogen) atoms. The Balaban J connectivity index is 2.70. The highest BCUT2D eigenvalue weighted by atomic mass is 14.6. The molecule has 0 radical (unpaired) electrons. The van der Waals surface area contributed by atoms with Crippen LogP contribution in [0.15, 0.2) is 42.1 Å². The van der Waals surface area contributed by atoms with E-state index >= 15 is 0 Å². The number of nitrogens with two attached hydrogens (primary N) is 1. The molecule has 0 spiro atoms. The van der Waals surface area contributed by atoms with Crippen LogP contribution in [0, 0.1) is 0 Å². The first-order valence-corrected chi connectivity index (χ1v) is 5.26. The molecular formula is C13H19N. The van der Waals surface area contributed by atoms with Crippen molar-refractivity contribution in [3.63, 3.8) is 0 Å². The number of hydrogen-bond donors (Lipinski definition) is 1. The standard InChI is InChI=1S/C13H19N/c1-3-4-10-13(14)11(2)12-8-6-5-7-9-12/h5-11H,3-4,14H2,1-2H3/b13-10+. The van der Waals surface area contributed by atoms with Crippen molar-refractivity contribution in [1.29, 1.82) is 0 Å². The number of unbranched alkanes of at least 4 members (excludes halogenated alkanes) is 1. The summed E-state index contributed by atoms with van der Waals surface area (Å²) >= 11 is 0. The van der Waals surface area contributed by atoms with Gasteiger partial charge in [0.05, 0.1) is 0 Å². The van der Waals surface area contributed by atoms with E-state index in [1.54, 1.807) is 0 Å². The molecule has 0 heterocycles. The second kappa shape index (κ2) is 5.48. The maximum atomic E-state index is 6.00. The molecule has 76 valence electrons.